The number of rotatable bonds is 12. The second kappa shape index (κ2) is 15.3. The fourth-order valence-corrected chi connectivity index (χ4v) is 5.31. The Labute approximate surface area is 237 Å². The number of carbonyl (C=O) groups is 3. The predicted molar refractivity (Wildman–Crippen MR) is 152 cm³/mol. The van der Waals surface area contributed by atoms with Crippen molar-refractivity contribution in [3.05, 3.63) is 30.0 Å². The molecule has 1 fully saturated rings. The average molecular weight is 557 g/mol. The van der Waals surface area contributed by atoms with Gasteiger partial charge in [0.05, 0.1) is 38.6 Å². The van der Waals surface area contributed by atoms with Gasteiger partial charge < -0.3 is 24.8 Å². The number of nitrogens with zero attached hydrogens (tertiary/aromatic N) is 2. The number of benzene rings is 1. The summed E-state index contributed by atoms with van der Waals surface area (Å²) in [4.78, 5) is 37.5. The fraction of sp³-hybridized carbons (Fsp3) is 0.600. The summed E-state index contributed by atoms with van der Waals surface area (Å²) in [5.41, 5.74) is 1.79. The fourth-order valence-electron chi connectivity index (χ4n) is 5.31. The zero-order valence-corrected chi connectivity index (χ0v) is 24.5. The zero-order chi connectivity index (χ0) is 29.1. The van der Waals surface area contributed by atoms with Gasteiger partial charge in [0, 0.05) is 12.5 Å². The van der Waals surface area contributed by atoms with Crippen LogP contribution < -0.4 is 20.1 Å². The van der Waals surface area contributed by atoms with Gasteiger partial charge in [0.2, 0.25) is 5.91 Å². The van der Waals surface area contributed by atoms with Crippen LogP contribution in [0.4, 0.5) is 0 Å². The van der Waals surface area contributed by atoms with Crippen LogP contribution in [0.1, 0.15) is 88.2 Å². The second-order valence-corrected chi connectivity index (χ2v) is 10.8. The number of hydrogen-bond acceptors (Lipinski definition) is 7. The number of hydrogen-bond donors (Lipinski definition) is 2. The van der Waals surface area contributed by atoms with Crippen LogP contribution in [0, 0.1) is 5.92 Å². The van der Waals surface area contributed by atoms with Crippen LogP contribution in [-0.4, -0.2) is 61.5 Å². The first-order chi connectivity index (χ1) is 19.3. The summed E-state index contributed by atoms with van der Waals surface area (Å²) in [6.45, 7) is 3.84. The lowest BCUT2D eigenvalue weighted by Gasteiger charge is -2.23. The maximum atomic E-state index is 13.6. The van der Waals surface area contributed by atoms with E-state index in [4.69, 9.17) is 14.6 Å². The van der Waals surface area contributed by atoms with E-state index in [0.717, 1.165) is 36.9 Å². The summed E-state index contributed by atoms with van der Waals surface area (Å²) >= 11 is 0. The highest BCUT2D eigenvalue weighted by molar-refractivity contribution is 5.94. The summed E-state index contributed by atoms with van der Waals surface area (Å²) < 4.78 is 18.0. The molecule has 0 radical (unpaired) electrons. The standard InChI is InChI=1S/C30H44N4O6/c1-20(2)16-21(17-27(35)31-19-28(36)40-5)32-30(37)23-18-24(29-25(38-3)14-11-15-26(29)39-4)34(33-23)22-12-9-7-6-8-10-13-22/h11,14-15,18,20-22H,6-10,12-13,16-17,19H2,1-5H3,(H,31,35)(H,32,37). The first kappa shape index (κ1) is 31.0. The van der Waals surface area contributed by atoms with Gasteiger partial charge in [0.1, 0.15) is 18.0 Å². The Morgan fingerprint density at radius 3 is 2.20 bits per heavy atom. The number of carbonyl (C=O) groups excluding carboxylic acids is 3. The van der Waals surface area contributed by atoms with E-state index < -0.39 is 12.0 Å². The third kappa shape index (κ3) is 8.47. The Morgan fingerprint density at radius 1 is 1.00 bits per heavy atom. The molecule has 10 nitrogen and oxygen atoms in total. The Balaban J connectivity index is 1.94. The van der Waals surface area contributed by atoms with Crippen molar-refractivity contribution in [1.82, 2.24) is 20.4 Å². The van der Waals surface area contributed by atoms with E-state index in [1.807, 2.05) is 36.7 Å². The SMILES string of the molecule is COC(=O)CNC(=O)CC(CC(C)C)NC(=O)c1cc(-c2c(OC)cccc2OC)n(C2CCCCCCC2)n1. The molecule has 1 saturated carbocycles. The molecule has 1 aliphatic rings. The second-order valence-electron chi connectivity index (χ2n) is 10.8. The number of aromatic nitrogens is 2. The Bertz CT molecular complexity index is 1110. The highest BCUT2D eigenvalue weighted by Crippen LogP contribution is 2.41. The molecular weight excluding hydrogens is 512 g/mol. The Kier molecular flexibility index (Phi) is 11.8. The van der Waals surface area contributed by atoms with Gasteiger partial charge in [-0.2, -0.15) is 5.10 Å². The molecule has 1 atom stereocenters. The van der Waals surface area contributed by atoms with E-state index in [-0.39, 0.29) is 42.4 Å². The summed E-state index contributed by atoms with van der Waals surface area (Å²) in [6.07, 6.45) is 8.41. The van der Waals surface area contributed by atoms with E-state index in [1.165, 1.54) is 26.4 Å². The van der Waals surface area contributed by atoms with Crippen molar-refractivity contribution < 1.29 is 28.6 Å². The summed E-state index contributed by atoms with van der Waals surface area (Å²) in [6, 6.07) is 7.12. The maximum Gasteiger partial charge on any atom is 0.325 e. The Morgan fingerprint density at radius 2 is 1.62 bits per heavy atom. The van der Waals surface area contributed by atoms with E-state index in [9.17, 15) is 14.4 Å². The molecule has 10 heteroatoms. The topological polar surface area (TPSA) is 121 Å². The molecule has 220 valence electrons. The minimum absolute atomic E-state index is 0.0391. The van der Waals surface area contributed by atoms with Gasteiger partial charge >= 0.3 is 5.97 Å². The van der Waals surface area contributed by atoms with Crippen LogP contribution >= 0.6 is 0 Å². The summed E-state index contributed by atoms with van der Waals surface area (Å²) in [7, 11) is 4.50. The first-order valence-electron chi connectivity index (χ1n) is 14.2. The Hall–Kier alpha value is -3.56. The third-order valence-corrected chi connectivity index (χ3v) is 7.25. The van der Waals surface area contributed by atoms with Crippen molar-refractivity contribution in [3.8, 4) is 22.8 Å². The van der Waals surface area contributed by atoms with Crippen LogP contribution in [0.3, 0.4) is 0 Å². The number of methoxy groups -OCH3 is 3. The monoisotopic (exact) mass is 556 g/mol. The quantitative estimate of drug-likeness (QED) is 0.364. The molecule has 0 aliphatic heterocycles. The average Bonchev–Trinajstić information content (AvgIpc) is 3.35. The van der Waals surface area contributed by atoms with Crippen molar-refractivity contribution in [1.29, 1.82) is 0 Å². The van der Waals surface area contributed by atoms with Gasteiger partial charge in [0.25, 0.3) is 5.91 Å². The van der Waals surface area contributed by atoms with Crippen LogP contribution in [0.15, 0.2) is 24.3 Å². The first-order valence-corrected chi connectivity index (χ1v) is 14.2. The molecule has 40 heavy (non-hydrogen) atoms. The molecule has 1 heterocycles. The van der Waals surface area contributed by atoms with Crippen molar-refractivity contribution in [3.63, 3.8) is 0 Å². The van der Waals surface area contributed by atoms with Crippen LogP contribution in [0.5, 0.6) is 11.5 Å². The number of esters is 1. The van der Waals surface area contributed by atoms with Crippen molar-refractivity contribution in [2.24, 2.45) is 5.92 Å². The largest absolute Gasteiger partial charge is 0.496 e. The van der Waals surface area contributed by atoms with Crippen molar-refractivity contribution >= 4 is 17.8 Å². The molecule has 2 aromatic rings. The lowest BCUT2D eigenvalue weighted by atomic mass is 9.96. The molecule has 1 aromatic heterocycles. The normalized spacial score (nSPS) is 15.1. The lowest BCUT2D eigenvalue weighted by Crippen LogP contribution is -2.41. The number of nitrogens with one attached hydrogen (secondary N) is 2. The highest BCUT2D eigenvalue weighted by Gasteiger charge is 2.27. The number of amides is 2. The van der Waals surface area contributed by atoms with Gasteiger partial charge in [-0.25, -0.2) is 0 Å². The van der Waals surface area contributed by atoms with Gasteiger partial charge in [-0.3, -0.25) is 19.1 Å². The molecule has 0 bridgehead atoms. The molecular formula is C30H44N4O6. The smallest absolute Gasteiger partial charge is 0.325 e. The minimum atomic E-state index is -0.531. The van der Waals surface area contributed by atoms with Gasteiger partial charge in [-0.15, -0.1) is 0 Å². The molecule has 1 aromatic carbocycles. The van der Waals surface area contributed by atoms with E-state index in [2.05, 4.69) is 15.4 Å². The predicted octanol–water partition coefficient (Wildman–Crippen LogP) is 4.68. The van der Waals surface area contributed by atoms with Crippen molar-refractivity contribution in [2.75, 3.05) is 27.9 Å². The zero-order valence-electron chi connectivity index (χ0n) is 24.5. The molecule has 2 N–H and O–H groups in total. The summed E-state index contributed by atoms with van der Waals surface area (Å²) in [5.74, 6) is 0.287. The molecule has 3 rings (SSSR count). The molecule has 0 saturated heterocycles. The molecule has 1 aliphatic carbocycles. The van der Waals surface area contributed by atoms with Gasteiger partial charge in [0.15, 0.2) is 5.69 Å². The molecule has 0 spiro atoms. The minimum Gasteiger partial charge on any atom is -0.496 e. The van der Waals surface area contributed by atoms with Crippen molar-refractivity contribution in [2.45, 2.75) is 83.7 Å². The summed E-state index contributed by atoms with van der Waals surface area (Å²) in [5, 5.41) is 10.4. The lowest BCUT2D eigenvalue weighted by molar-refractivity contribution is -0.141. The van der Waals surface area contributed by atoms with Crippen LogP contribution in [0.2, 0.25) is 0 Å². The van der Waals surface area contributed by atoms with E-state index >= 15 is 0 Å². The van der Waals surface area contributed by atoms with E-state index in [0.29, 0.717) is 17.9 Å². The maximum absolute atomic E-state index is 13.6. The highest BCUT2D eigenvalue weighted by atomic mass is 16.5. The van der Waals surface area contributed by atoms with Gasteiger partial charge in [-0.05, 0) is 43.4 Å². The van der Waals surface area contributed by atoms with Crippen LogP contribution in [-0.2, 0) is 14.3 Å². The third-order valence-electron chi connectivity index (χ3n) is 7.25. The van der Waals surface area contributed by atoms with E-state index in [1.54, 1.807) is 20.3 Å². The van der Waals surface area contributed by atoms with Gasteiger partial charge in [-0.1, -0.05) is 52.0 Å². The van der Waals surface area contributed by atoms with Crippen LogP contribution in [0.25, 0.3) is 11.3 Å². The number of ether oxygens (including phenoxy) is 3. The molecule has 1 unspecified atom stereocenters. The molecule has 2 amide bonds.